The molecule has 0 unspecified atom stereocenters. The van der Waals surface area contributed by atoms with Gasteiger partial charge in [-0.25, -0.2) is 0 Å². The van der Waals surface area contributed by atoms with E-state index >= 15 is 0 Å². The number of hydrogen-bond acceptors (Lipinski definition) is 5. The molecule has 0 saturated carbocycles. The molecule has 36 heavy (non-hydrogen) atoms. The van der Waals surface area contributed by atoms with Gasteiger partial charge in [-0.05, 0) is 44.0 Å². The highest BCUT2D eigenvalue weighted by Crippen LogP contribution is 2.65. The van der Waals surface area contributed by atoms with Crippen LogP contribution in [0, 0.1) is 11.3 Å². The van der Waals surface area contributed by atoms with Crippen LogP contribution in [0.5, 0.6) is 17.5 Å². The van der Waals surface area contributed by atoms with E-state index in [9.17, 15) is 15.5 Å². The first-order valence-electron chi connectivity index (χ1n) is 11.7. The van der Waals surface area contributed by atoms with Crippen LogP contribution in [-0.2, 0) is 15.9 Å². The Bertz CT molecular complexity index is 1590. The number of rotatable bonds is 5. The highest BCUT2D eigenvalue weighted by atomic mass is 35.5. The van der Waals surface area contributed by atoms with Gasteiger partial charge in [0.25, 0.3) is 0 Å². The van der Waals surface area contributed by atoms with Gasteiger partial charge >= 0.3 is 0 Å². The third-order valence-electron chi connectivity index (χ3n) is 7.47. The van der Waals surface area contributed by atoms with Crippen LogP contribution in [0.4, 0.5) is 0 Å². The minimum atomic E-state index is -0.815. The number of halogens is 2. The number of nitrogens with zero attached hydrogens (tertiary/aromatic N) is 2. The van der Waals surface area contributed by atoms with Gasteiger partial charge in [-0.15, -0.1) is 0 Å². The highest BCUT2D eigenvalue weighted by Gasteiger charge is 2.61. The van der Waals surface area contributed by atoms with E-state index in [0.717, 1.165) is 10.8 Å². The van der Waals surface area contributed by atoms with Gasteiger partial charge in [0.05, 0.1) is 45.7 Å². The molecule has 3 heterocycles. The molecular formula is C28H22Cl2N2O4. The first kappa shape index (κ1) is 23.1. The molecule has 2 aliphatic heterocycles. The van der Waals surface area contributed by atoms with Crippen molar-refractivity contribution in [1.82, 2.24) is 4.57 Å². The topological polar surface area (TPSA) is 87.6 Å². The number of hydrogen-bond donors (Lipinski definition) is 2. The predicted octanol–water partition coefficient (Wildman–Crippen LogP) is 6.92. The lowest BCUT2D eigenvalue weighted by molar-refractivity contribution is -0.0876. The molecule has 3 aromatic carbocycles. The predicted molar refractivity (Wildman–Crippen MR) is 137 cm³/mol. The standard InChI is InChI=1S/C28H22Cl2N2O4/c1-27-11-12-28(36-27,13-14-35-21-8-4-7-19(29)24(21)30)23-22(27)25(33)32(26(23)34)20-10-9-16(15-31)17-5-2-3-6-18(17)20/h2-10,33-34H,11-14H2,1H3/t27-,28-/m1/s1. The molecule has 182 valence electrons. The summed E-state index contributed by atoms with van der Waals surface area (Å²) in [6.07, 6.45) is 1.82. The van der Waals surface area contributed by atoms with Crippen LogP contribution in [0.1, 0.15) is 42.9 Å². The maximum absolute atomic E-state index is 11.5. The van der Waals surface area contributed by atoms with E-state index in [1.807, 2.05) is 31.2 Å². The molecule has 6 rings (SSSR count). The Kier molecular flexibility index (Phi) is 5.17. The minimum absolute atomic E-state index is 0.0553. The second-order valence-corrected chi connectivity index (χ2v) is 10.3. The maximum Gasteiger partial charge on any atom is 0.205 e. The van der Waals surface area contributed by atoms with E-state index in [-0.39, 0.29) is 18.4 Å². The van der Waals surface area contributed by atoms with Gasteiger partial charge in [-0.3, -0.25) is 4.57 Å². The van der Waals surface area contributed by atoms with Crippen LogP contribution in [0.25, 0.3) is 16.5 Å². The van der Waals surface area contributed by atoms with Gasteiger partial charge in [0, 0.05) is 17.2 Å². The maximum atomic E-state index is 11.5. The summed E-state index contributed by atoms with van der Waals surface area (Å²) in [5, 5.41) is 34.8. The lowest BCUT2D eigenvalue weighted by Gasteiger charge is -2.26. The monoisotopic (exact) mass is 520 g/mol. The molecule has 0 spiro atoms. The number of ether oxygens (including phenoxy) is 2. The summed E-state index contributed by atoms with van der Waals surface area (Å²) >= 11 is 12.4. The Morgan fingerprint density at radius 3 is 2.53 bits per heavy atom. The second-order valence-electron chi connectivity index (χ2n) is 9.50. The molecule has 8 heteroatoms. The first-order chi connectivity index (χ1) is 17.3. The molecule has 1 saturated heterocycles. The van der Waals surface area contributed by atoms with Crippen molar-refractivity contribution in [2.45, 2.75) is 37.4 Å². The van der Waals surface area contributed by atoms with Crippen molar-refractivity contribution in [2.75, 3.05) is 6.61 Å². The summed E-state index contributed by atoms with van der Waals surface area (Å²) in [6, 6.07) is 18.3. The zero-order chi connectivity index (χ0) is 25.2. The minimum Gasteiger partial charge on any atom is -0.494 e. The van der Waals surface area contributed by atoms with Gasteiger partial charge in [-0.2, -0.15) is 5.26 Å². The third-order valence-corrected chi connectivity index (χ3v) is 8.28. The van der Waals surface area contributed by atoms with Crippen molar-refractivity contribution in [2.24, 2.45) is 0 Å². The molecule has 1 aromatic heterocycles. The van der Waals surface area contributed by atoms with Crippen molar-refractivity contribution in [1.29, 1.82) is 5.26 Å². The lowest BCUT2D eigenvalue weighted by atomic mass is 9.78. The smallest absolute Gasteiger partial charge is 0.205 e. The van der Waals surface area contributed by atoms with Crippen LogP contribution in [-0.4, -0.2) is 21.4 Å². The SMILES string of the molecule is C[C@]12CC[C@](CCOc3cccc(Cl)c3Cl)(O1)c1c2c(O)n(-c2ccc(C#N)c3ccccc23)c1O. The lowest BCUT2D eigenvalue weighted by Crippen LogP contribution is -2.25. The van der Waals surface area contributed by atoms with Crippen LogP contribution in [0.3, 0.4) is 0 Å². The van der Waals surface area contributed by atoms with Crippen LogP contribution in [0.15, 0.2) is 54.6 Å². The Morgan fingerprint density at radius 1 is 1.00 bits per heavy atom. The molecule has 4 aromatic rings. The van der Waals surface area contributed by atoms with E-state index in [1.54, 1.807) is 30.3 Å². The quantitative estimate of drug-likeness (QED) is 0.298. The van der Waals surface area contributed by atoms with Crippen LogP contribution >= 0.6 is 23.2 Å². The summed E-state index contributed by atoms with van der Waals surface area (Å²) in [7, 11) is 0. The highest BCUT2D eigenvalue weighted by molar-refractivity contribution is 6.42. The molecule has 2 bridgehead atoms. The largest absolute Gasteiger partial charge is 0.494 e. The number of aromatic nitrogens is 1. The molecule has 6 nitrogen and oxygen atoms in total. The van der Waals surface area contributed by atoms with E-state index in [1.165, 1.54) is 4.57 Å². The van der Waals surface area contributed by atoms with E-state index in [2.05, 4.69) is 6.07 Å². The van der Waals surface area contributed by atoms with Crippen molar-refractivity contribution in [3.8, 4) is 29.3 Å². The van der Waals surface area contributed by atoms with Crippen molar-refractivity contribution in [3.63, 3.8) is 0 Å². The molecule has 0 aliphatic carbocycles. The number of aromatic hydroxyl groups is 2. The fourth-order valence-electron chi connectivity index (χ4n) is 5.83. The third kappa shape index (κ3) is 3.13. The van der Waals surface area contributed by atoms with Gasteiger partial charge in [0.1, 0.15) is 16.4 Å². The summed E-state index contributed by atoms with van der Waals surface area (Å²) < 4.78 is 13.9. The van der Waals surface area contributed by atoms with Crippen LogP contribution in [0.2, 0.25) is 10.0 Å². The van der Waals surface area contributed by atoms with Crippen LogP contribution < -0.4 is 4.74 Å². The average molecular weight is 521 g/mol. The Morgan fingerprint density at radius 2 is 1.75 bits per heavy atom. The second kappa shape index (κ2) is 8.07. The van der Waals surface area contributed by atoms with E-state index < -0.39 is 11.2 Å². The Balaban J connectivity index is 1.43. The number of nitriles is 1. The molecule has 0 amide bonds. The summed E-state index contributed by atoms with van der Waals surface area (Å²) in [6.45, 7) is 2.22. The van der Waals surface area contributed by atoms with Gasteiger partial charge in [-0.1, -0.05) is 53.5 Å². The zero-order valence-electron chi connectivity index (χ0n) is 19.4. The molecule has 2 N–H and O–H groups in total. The Labute approximate surface area is 217 Å². The molecule has 0 radical (unpaired) electrons. The summed E-state index contributed by atoms with van der Waals surface area (Å²) in [5.74, 6) is 0.357. The van der Waals surface area contributed by atoms with E-state index in [0.29, 0.717) is 57.4 Å². The molecular weight excluding hydrogens is 499 g/mol. The van der Waals surface area contributed by atoms with Gasteiger partial charge in [0.15, 0.2) is 0 Å². The fraction of sp³-hybridized carbons (Fsp3) is 0.250. The molecule has 2 aliphatic rings. The fourth-order valence-corrected chi connectivity index (χ4v) is 6.18. The van der Waals surface area contributed by atoms with E-state index in [4.69, 9.17) is 32.7 Å². The summed E-state index contributed by atoms with van der Waals surface area (Å²) in [4.78, 5) is 0. The summed E-state index contributed by atoms with van der Waals surface area (Å²) in [5.41, 5.74) is 0.747. The molecule has 1 fully saturated rings. The Hall–Kier alpha value is -3.37. The van der Waals surface area contributed by atoms with Gasteiger partial charge < -0.3 is 19.7 Å². The number of fused-ring (bicyclic) bond motifs is 6. The van der Waals surface area contributed by atoms with Gasteiger partial charge in [0.2, 0.25) is 11.8 Å². The number of benzene rings is 3. The first-order valence-corrected chi connectivity index (χ1v) is 12.4. The van der Waals surface area contributed by atoms with Crippen molar-refractivity contribution < 1.29 is 19.7 Å². The average Bonchev–Trinajstić information content (AvgIpc) is 3.45. The zero-order valence-corrected chi connectivity index (χ0v) is 20.9. The van der Waals surface area contributed by atoms with Crippen molar-refractivity contribution in [3.05, 3.63) is 81.3 Å². The molecule has 2 atom stereocenters. The van der Waals surface area contributed by atoms with Crippen molar-refractivity contribution >= 4 is 34.0 Å². The normalized spacial score (nSPS) is 22.1.